The van der Waals surface area contributed by atoms with Crippen LogP contribution in [0.5, 0.6) is 0 Å². The van der Waals surface area contributed by atoms with Crippen molar-refractivity contribution in [3.05, 3.63) is 59.7 Å². The lowest BCUT2D eigenvalue weighted by Crippen LogP contribution is -2.34. The molecule has 0 aliphatic carbocycles. The Morgan fingerprint density at radius 3 is 2.48 bits per heavy atom. The first-order chi connectivity index (χ1) is 11.8. The summed E-state index contributed by atoms with van der Waals surface area (Å²) in [7, 11) is 0. The lowest BCUT2D eigenvalue weighted by Gasteiger charge is -2.16. The summed E-state index contributed by atoms with van der Waals surface area (Å²) >= 11 is 0.736. The van der Waals surface area contributed by atoms with E-state index >= 15 is 0 Å². The summed E-state index contributed by atoms with van der Waals surface area (Å²) in [6.45, 7) is 1.83. The molecule has 0 aromatic heterocycles. The number of imide groups is 1. The van der Waals surface area contributed by atoms with Crippen LogP contribution < -0.4 is 10.2 Å². The number of hydrogen-bond donors (Lipinski definition) is 1. The molecule has 2 aromatic carbocycles. The molecule has 1 saturated heterocycles. The van der Waals surface area contributed by atoms with Gasteiger partial charge in [-0.1, -0.05) is 18.2 Å². The fraction of sp³-hybridized carbons (Fsp3) is 0.176. The van der Waals surface area contributed by atoms with Crippen LogP contribution in [-0.4, -0.2) is 16.5 Å². The molecule has 130 valence electrons. The second-order valence-electron chi connectivity index (χ2n) is 5.50. The third-order valence-corrected chi connectivity index (χ3v) is 4.53. The number of nitrogens with zero attached hydrogens (tertiary/aromatic N) is 1. The Bertz CT molecular complexity index is 839. The van der Waals surface area contributed by atoms with Crippen molar-refractivity contribution in [3.8, 4) is 0 Å². The summed E-state index contributed by atoms with van der Waals surface area (Å²) in [5, 5.41) is 1.25. The van der Waals surface area contributed by atoms with Gasteiger partial charge in [-0.25, -0.2) is 4.90 Å². The molecule has 0 unspecified atom stereocenters. The molecular formula is C17H13F3N2O2S. The highest BCUT2D eigenvalue weighted by molar-refractivity contribution is 8.16. The van der Waals surface area contributed by atoms with Crippen LogP contribution in [0, 0.1) is 6.92 Å². The van der Waals surface area contributed by atoms with E-state index in [0.29, 0.717) is 5.69 Å². The van der Waals surface area contributed by atoms with Crippen molar-refractivity contribution in [2.24, 2.45) is 0 Å². The maximum Gasteiger partial charge on any atom is 0.416 e. The second kappa shape index (κ2) is 6.44. The van der Waals surface area contributed by atoms with Gasteiger partial charge in [0.1, 0.15) is 0 Å². The van der Waals surface area contributed by atoms with Crippen molar-refractivity contribution in [3.63, 3.8) is 0 Å². The van der Waals surface area contributed by atoms with Gasteiger partial charge < -0.3 is 5.32 Å². The van der Waals surface area contributed by atoms with Crippen molar-refractivity contribution >= 4 is 34.3 Å². The van der Waals surface area contributed by atoms with Crippen LogP contribution in [0.25, 0.3) is 0 Å². The van der Waals surface area contributed by atoms with Crippen molar-refractivity contribution in [1.29, 1.82) is 0 Å². The smallest absolute Gasteiger partial charge is 0.365 e. The predicted octanol–water partition coefficient (Wildman–Crippen LogP) is 4.65. The minimum atomic E-state index is -4.48. The van der Waals surface area contributed by atoms with Gasteiger partial charge in [-0.3, -0.25) is 9.59 Å². The molecule has 0 saturated carbocycles. The van der Waals surface area contributed by atoms with Crippen LogP contribution in [0.3, 0.4) is 0 Å². The predicted molar refractivity (Wildman–Crippen MR) is 90.5 cm³/mol. The van der Waals surface area contributed by atoms with Crippen LogP contribution in [0.2, 0.25) is 0 Å². The number of benzene rings is 2. The minimum Gasteiger partial charge on any atom is -0.365 e. The number of aryl methyl sites for hydroxylation is 1. The summed E-state index contributed by atoms with van der Waals surface area (Å²) in [6.07, 6.45) is -4.48. The number of thioether (sulfide) groups is 1. The van der Waals surface area contributed by atoms with Crippen LogP contribution >= 0.6 is 11.8 Å². The van der Waals surface area contributed by atoms with E-state index in [0.717, 1.165) is 34.4 Å². The minimum absolute atomic E-state index is 0.125. The molecule has 25 heavy (non-hydrogen) atoms. The Morgan fingerprint density at radius 1 is 1.08 bits per heavy atom. The molecule has 1 heterocycles. The molecule has 4 nitrogen and oxygen atoms in total. The Labute approximate surface area is 146 Å². The molecule has 0 bridgehead atoms. The summed E-state index contributed by atoms with van der Waals surface area (Å²) in [4.78, 5) is 25.7. The quantitative estimate of drug-likeness (QED) is 0.859. The molecular weight excluding hydrogens is 353 g/mol. The Hall–Kier alpha value is -2.48. The molecule has 3 rings (SSSR count). The van der Waals surface area contributed by atoms with E-state index in [9.17, 15) is 22.8 Å². The van der Waals surface area contributed by atoms with Gasteiger partial charge in [0.25, 0.3) is 11.1 Å². The number of alkyl halides is 3. The van der Waals surface area contributed by atoms with E-state index < -0.39 is 28.3 Å². The van der Waals surface area contributed by atoms with Crippen LogP contribution in [0.1, 0.15) is 11.1 Å². The lowest BCUT2D eigenvalue weighted by molar-refractivity contribution is -0.137. The zero-order valence-electron chi connectivity index (χ0n) is 13.0. The normalized spacial score (nSPS) is 17.9. The van der Waals surface area contributed by atoms with Crippen molar-refractivity contribution in [2.45, 2.75) is 18.5 Å². The zero-order chi connectivity index (χ0) is 18.2. The second-order valence-corrected chi connectivity index (χ2v) is 6.56. The van der Waals surface area contributed by atoms with Gasteiger partial charge in [-0.15, -0.1) is 0 Å². The molecule has 2 aromatic rings. The SMILES string of the molecule is Cc1cccc(N2C(=O)S[C@@H](Nc3cccc(C(F)(F)F)c3)C2=O)c1. The third kappa shape index (κ3) is 3.63. The van der Waals surface area contributed by atoms with Gasteiger partial charge in [0.2, 0.25) is 0 Å². The van der Waals surface area contributed by atoms with Crippen LogP contribution in [-0.2, 0) is 11.0 Å². The Morgan fingerprint density at radius 2 is 1.80 bits per heavy atom. The van der Waals surface area contributed by atoms with Crippen molar-refractivity contribution < 1.29 is 22.8 Å². The van der Waals surface area contributed by atoms with E-state index in [4.69, 9.17) is 0 Å². The number of nitrogens with one attached hydrogen (secondary N) is 1. The molecule has 1 aliphatic rings. The van der Waals surface area contributed by atoms with E-state index in [2.05, 4.69) is 5.32 Å². The fourth-order valence-electron chi connectivity index (χ4n) is 2.44. The first kappa shape index (κ1) is 17.3. The zero-order valence-corrected chi connectivity index (χ0v) is 13.8. The number of rotatable bonds is 3. The molecule has 8 heteroatoms. The van der Waals surface area contributed by atoms with E-state index in [1.807, 2.05) is 13.0 Å². The molecule has 2 amide bonds. The summed E-state index contributed by atoms with van der Waals surface area (Å²) in [6, 6.07) is 11.4. The van der Waals surface area contributed by atoms with Gasteiger partial charge in [0, 0.05) is 5.69 Å². The summed E-state index contributed by atoms with van der Waals surface area (Å²) in [5.41, 5.74) is 0.627. The average Bonchev–Trinajstić information content (AvgIpc) is 2.81. The monoisotopic (exact) mass is 366 g/mol. The van der Waals surface area contributed by atoms with Crippen LogP contribution in [0.4, 0.5) is 29.3 Å². The molecule has 1 fully saturated rings. The van der Waals surface area contributed by atoms with E-state index in [1.165, 1.54) is 12.1 Å². The van der Waals surface area contributed by atoms with Gasteiger partial charge in [0.05, 0.1) is 11.3 Å². The highest BCUT2D eigenvalue weighted by Gasteiger charge is 2.41. The first-order valence-corrected chi connectivity index (χ1v) is 8.19. The largest absolute Gasteiger partial charge is 0.416 e. The number of carbonyl (C=O) groups excluding carboxylic acids is 2. The van der Waals surface area contributed by atoms with Gasteiger partial charge in [-0.2, -0.15) is 13.2 Å². The van der Waals surface area contributed by atoms with E-state index in [-0.39, 0.29) is 5.69 Å². The highest BCUT2D eigenvalue weighted by Crippen LogP contribution is 2.34. The topological polar surface area (TPSA) is 49.4 Å². The van der Waals surface area contributed by atoms with E-state index in [1.54, 1.807) is 18.2 Å². The third-order valence-electron chi connectivity index (χ3n) is 3.59. The average molecular weight is 366 g/mol. The Kier molecular flexibility index (Phi) is 4.47. The number of carbonyl (C=O) groups is 2. The molecule has 0 spiro atoms. The Balaban J connectivity index is 1.81. The molecule has 1 atom stereocenters. The van der Waals surface area contributed by atoms with Gasteiger partial charge in [0.15, 0.2) is 5.37 Å². The molecule has 1 aliphatic heterocycles. The van der Waals surface area contributed by atoms with Gasteiger partial charge >= 0.3 is 6.18 Å². The maximum atomic E-state index is 12.8. The fourth-order valence-corrected chi connectivity index (χ4v) is 3.34. The molecule has 0 radical (unpaired) electrons. The summed E-state index contributed by atoms with van der Waals surface area (Å²) < 4.78 is 38.3. The number of hydrogen-bond acceptors (Lipinski definition) is 4. The van der Waals surface area contributed by atoms with Crippen molar-refractivity contribution in [1.82, 2.24) is 0 Å². The highest BCUT2D eigenvalue weighted by atomic mass is 32.2. The maximum absolute atomic E-state index is 12.8. The van der Waals surface area contributed by atoms with Crippen LogP contribution in [0.15, 0.2) is 48.5 Å². The molecule has 1 N–H and O–H groups in total. The first-order valence-electron chi connectivity index (χ1n) is 7.31. The van der Waals surface area contributed by atoms with Crippen molar-refractivity contribution in [2.75, 3.05) is 10.2 Å². The summed E-state index contributed by atoms with van der Waals surface area (Å²) in [5.74, 6) is -0.516. The number of amides is 2. The standard InChI is InChI=1S/C17H13F3N2O2S/c1-10-4-2-7-13(8-10)22-15(23)14(25-16(22)24)21-12-6-3-5-11(9-12)17(18,19)20/h2-9,14,21H,1H3/t14-/m1/s1. The number of halogens is 3. The van der Waals surface area contributed by atoms with Gasteiger partial charge in [-0.05, 0) is 54.6 Å². The number of anilines is 2. The lowest BCUT2D eigenvalue weighted by atomic mass is 10.2.